The van der Waals surface area contributed by atoms with Gasteiger partial charge in [-0.2, -0.15) is 5.10 Å². The van der Waals surface area contributed by atoms with Crippen LogP contribution in [0, 0.1) is 0 Å². The smallest absolute Gasteiger partial charge is 0.0722 e. The molecule has 0 radical (unpaired) electrons. The summed E-state index contributed by atoms with van der Waals surface area (Å²) in [5.74, 6) is 0. The van der Waals surface area contributed by atoms with Gasteiger partial charge in [0.2, 0.25) is 0 Å². The fourth-order valence-corrected chi connectivity index (χ4v) is 1.76. The lowest BCUT2D eigenvalue weighted by atomic mass is 9.89. The van der Waals surface area contributed by atoms with Crippen LogP contribution in [-0.4, -0.2) is 15.3 Å². The molecule has 0 spiro atoms. The van der Waals surface area contributed by atoms with E-state index in [1.807, 2.05) is 11.7 Å². The van der Waals surface area contributed by atoms with Crippen LogP contribution in [0.2, 0.25) is 0 Å². The molecule has 0 aliphatic carbocycles. The molecule has 0 saturated carbocycles. The zero-order valence-electron chi connectivity index (χ0n) is 12.4. The van der Waals surface area contributed by atoms with E-state index < -0.39 is 0 Å². The summed E-state index contributed by atoms with van der Waals surface area (Å²) in [6, 6.07) is 0. The highest BCUT2D eigenvalue weighted by Crippen LogP contribution is 2.24. The van der Waals surface area contributed by atoms with Crippen molar-refractivity contribution in [2.24, 2.45) is 7.05 Å². The molecule has 0 aliphatic rings. The van der Waals surface area contributed by atoms with Gasteiger partial charge in [-0.1, -0.05) is 27.7 Å². The predicted octanol–water partition coefficient (Wildman–Crippen LogP) is 3.00. The molecule has 0 aliphatic heterocycles. The van der Waals surface area contributed by atoms with Crippen molar-refractivity contribution in [3.05, 3.63) is 17.5 Å². The molecular formula is C14H27N3. The number of nitrogens with one attached hydrogen (secondary N) is 1. The van der Waals surface area contributed by atoms with Gasteiger partial charge in [-0.15, -0.1) is 0 Å². The highest BCUT2D eigenvalue weighted by atomic mass is 15.3. The van der Waals surface area contributed by atoms with Gasteiger partial charge in [0.25, 0.3) is 0 Å². The molecule has 1 aromatic heterocycles. The maximum Gasteiger partial charge on any atom is 0.0722 e. The maximum atomic E-state index is 4.59. The van der Waals surface area contributed by atoms with E-state index >= 15 is 0 Å². The lowest BCUT2D eigenvalue weighted by molar-refractivity contribution is 0.372. The van der Waals surface area contributed by atoms with Crippen LogP contribution in [0.4, 0.5) is 0 Å². The Morgan fingerprint density at radius 2 is 1.82 bits per heavy atom. The summed E-state index contributed by atoms with van der Waals surface area (Å²) >= 11 is 0. The molecule has 0 unspecified atom stereocenters. The molecule has 0 amide bonds. The molecule has 0 saturated heterocycles. The third-order valence-electron chi connectivity index (χ3n) is 3.26. The third kappa shape index (κ3) is 3.84. The summed E-state index contributed by atoms with van der Waals surface area (Å²) in [6.07, 6.45) is 3.25. The summed E-state index contributed by atoms with van der Waals surface area (Å²) in [5, 5.41) is 8.18. The molecule has 17 heavy (non-hydrogen) atoms. The fraction of sp³-hybridized carbons (Fsp3) is 0.786. The van der Waals surface area contributed by atoms with Crippen LogP contribution < -0.4 is 5.32 Å². The molecule has 1 rings (SSSR count). The Bertz CT molecular complexity index is 369. The molecule has 0 bridgehead atoms. The Morgan fingerprint density at radius 1 is 1.24 bits per heavy atom. The van der Waals surface area contributed by atoms with Gasteiger partial charge in [0.1, 0.15) is 0 Å². The maximum absolute atomic E-state index is 4.59. The monoisotopic (exact) mass is 237 g/mol. The first-order valence-corrected chi connectivity index (χ1v) is 6.44. The number of rotatable bonds is 4. The van der Waals surface area contributed by atoms with E-state index in [0.29, 0.717) is 0 Å². The van der Waals surface area contributed by atoms with Crippen LogP contribution in [-0.2, 0) is 19.0 Å². The molecule has 0 aromatic carbocycles. The van der Waals surface area contributed by atoms with Gasteiger partial charge < -0.3 is 5.32 Å². The van der Waals surface area contributed by atoms with E-state index in [1.54, 1.807) is 0 Å². The van der Waals surface area contributed by atoms with E-state index in [1.165, 1.54) is 11.3 Å². The van der Waals surface area contributed by atoms with E-state index in [4.69, 9.17) is 0 Å². The minimum absolute atomic E-state index is 0.106. The second-order valence-electron chi connectivity index (χ2n) is 6.52. The van der Waals surface area contributed by atoms with Crippen LogP contribution in [0.5, 0.6) is 0 Å². The van der Waals surface area contributed by atoms with Crippen molar-refractivity contribution in [2.45, 2.75) is 65.5 Å². The first-order chi connectivity index (χ1) is 7.65. The van der Waals surface area contributed by atoms with Crippen LogP contribution in [0.1, 0.15) is 59.2 Å². The van der Waals surface area contributed by atoms with Crippen molar-refractivity contribution in [3.63, 3.8) is 0 Å². The molecule has 1 aromatic rings. The number of nitrogens with zero attached hydrogens (tertiary/aromatic N) is 2. The van der Waals surface area contributed by atoms with Crippen molar-refractivity contribution < 1.29 is 0 Å². The Balaban J connectivity index is 2.85. The Hall–Kier alpha value is -0.830. The van der Waals surface area contributed by atoms with Crippen LogP contribution in [0.15, 0.2) is 6.20 Å². The SMILES string of the molecule is CCC(C)(C)NCc1cn(C)nc1C(C)(C)C. The Labute approximate surface area is 106 Å². The zero-order valence-corrected chi connectivity index (χ0v) is 12.4. The quantitative estimate of drug-likeness (QED) is 0.872. The number of hydrogen-bond acceptors (Lipinski definition) is 2. The van der Waals surface area contributed by atoms with Gasteiger partial charge in [0, 0.05) is 36.3 Å². The summed E-state index contributed by atoms with van der Waals surface area (Å²) in [7, 11) is 1.99. The van der Waals surface area contributed by atoms with E-state index in [0.717, 1.165) is 13.0 Å². The number of aromatic nitrogens is 2. The predicted molar refractivity (Wildman–Crippen MR) is 73.1 cm³/mol. The average Bonchev–Trinajstić information content (AvgIpc) is 2.57. The normalized spacial score (nSPS) is 13.1. The van der Waals surface area contributed by atoms with Crippen LogP contribution >= 0.6 is 0 Å². The fourth-order valence-electron chi connectivity index (χ4n) is 1.76. The molecule has 0 fully saturated rings. The van der Waals surface area contributed by atoms with E-state index in [9.17, 15) is 0 Å². The molecule has 3 heteroatoms. The topological polar surface area (TPSA) is 29.9 Å². The van der Waals surface area contributed by atoms with Gasteiger partial charge >= 0.3 is 0 Å². The van der Waals surface area contributed by atoms with Crippen molar-refractivity contribution in [1.29, 1.82) is 0 Å². The van der Waals surface area contributed by atoms with Crippen molar-refractivity contribution >= 4 is 0 Å². The minimum Gasteiger partial charge on any atom is -0.308 e. The second-order valence-corrected chi connectivity index (χ2v) is 6.52. The largest absolute Gasteiger partial charge is 0.308 e. The van der Waals surface area contributed by atoms with Gasteiger partial charge in [-0.3, -0.25) is 4.68 Å². The third-order valence-corrected chi connectivity index (χ3v) is 3.26. The van der Waals surface area contributed by atoms with Crippen molar-refractivity contribution in [1.82, 2.24) is 15.1 Å². The Kier molecular flexibility index (Phi) is 4.03. The summed E-state index contributed by atoms with van der Waals surface area (Å²) in [6.45, 7) is 14.2. The van der Waals surface area contributed by atoms with Crippen LogP contribution in [0.3, 0.4) is 0 Å². The van der Waals surface area contributed by atoms with E-state index in [-0.39, 0.29) is 11.0 Å². The lowest BCUT2D eigenvalue weighted by Gasteiger charge is -2.25. The molecule has 0 atom stereocenters. The summed E-state index contributed by atoms with van der Waals surface area (Å²) in [4.78, 5) is 0. The number of hydrogen-bond donors (Lipinski definition) is 1. The number of aryl methyl sites for hydroxylation is 1. The highest BCUT2D eigenvalue weighted by molar-refractivity contribution is 5.24. The molecule has 1 N–H and O–H groups in total. The summed E-state index contributed by atoms with van der Waals surface area (Å²) in [5.41, 5.74) is 2.79. The molecule has 98 valence electrons. The molecule has 3 nitrogen and oxygen atoms in total. The summed E-state index contributed by atoms with van der Waals surface area (Å²) < 4.78 is 1.91. The minimum atomic E-state index is 0.106. The van der Waals surface area contributed by atoms with Gasteiger partial charge in [-0.05, 0) is 20.3 Å². The molecular weight excluding hydrogens is 210 g/mol. The first kappa shape index (κ1) is 14.2. The van der Waals surface area contributed by atoms with Crippen LogP contribution in [0.25, 0.3) is 0 Å². The molecule has 1 heterocycles. The Morgan fingerprint density at radius 3 is 2.29 bits per heavy atom. The zero-order chi connectivity index (χ0) is 13.3. The standard InChI is InChI=1S/C14H27N3/c1-8-14(5,6)15-9-11-10-17(7)16-12(11)13(2,3)4/h10,15H,8-9H2,1-7H3. The lowest BCUT2D eigenvalue weighted by Crippen LogP contribution is -2.38. The first-order valence-electron chi connectivity index (χ1n) is 6.44. The second kappa shape index (κ2) is 4.81. The van der Waals surface area contributed by atoms with Gasteiger partial charge in [0.15, 0.2) is 0 Å². The average molecular weight is 237 g/mol. The van der Waals surface area contributed by atoms with E-state index in [2.05, 4.69) is 58.2 Å². The van der Waals surface area contributed by atoms with Gasteiger partial charge in [-0.25, -0.2) is 0 Å². The van der Waals surface area contributed by atoms with Crippen molar-refractivity contribution in [2.75, 3.05) is 0 Å². The van der Waals surface area contributed by atoms with Crippen molar-refractivity contribution in [3.8, 4) is 0 Å². The highest BCUT2D eigenvalue weighted by Gasteiger charge is 2.23. The van der Waals surface area contributed by atoms with Gasteiger partial charge in [0.05, 0.1) is 5.69 Å².